The van der Waals surface area contributed by atoms with E-state index in [9.17, 15) is 4.79 Å². The fourth-order valence-corrected chi connectivity index (χ4v) is 1.92. The van der Waals surface area contributed by atoms with Crippen LogP contribution in [-0.4, -0.2) is 22.4 Å². The second kappa shape index (κ2) is 7.02. The Labute approximate surface area is 124 Å². The van der Waals surface area contributed by atoms with E-state index in [0.29, 0.717) is 29.8 Å². The van der Waals surface area contributed by atoms with Crippen molar-refractivity contribution in [3.05, 3.63) is 36.0 Å². The van der Waals surface area contributed by atoms with Crippen LogP contribution < -0.4 is 5.32 Å². The van der Waals surface area contributed by atoms with Crippen LogP contribution in [0.15, 0.2) is 28.9 Å². The maximum Gasteiger partial charge on any atom is 0.228 e. The van der Waals surface area contributed by atoms with Gasteiger partial charge < -0.3 is 9.73 Å². The zero-order chi connectivity index (χ0) is 15.2. The molecule has 0 spiro atoms. The summed E-state index contributed by atoms with van der Waals surface area (Å²) in [5.74, 6) is 1.74. The normalized spacial score (nSPS) is 10.9. The highest BCUT2D eigenvalue weighted by molar-refractivity contribution is 5.78. The maximum atomic E-state index is 11.9. The molecule has 0 fully saturated rings. The Kier molecular flexibility index (Phi) is 5.09. The van der Waals surface area contributed by atoms with Gasteiger partial charge >= 0.3 is 0 Å². The van der Waals surface area contributed by atoms with E-state index >= 15 is 0 Å². The lowest BCUT2D eigenvalue weighted by molar-refractivity contribution is -0.120. The molecule has 5 nitrogen and oxygen atoms in total. The number of oxazole rings is 1. The molecule has 0 aliphatic carbocycles. The Balaban J connectivity index is 1.98. The first kappa shape index (κ1) is 15.2. The summed E-state index contributed by atoms with van der Waals surface area (Å²) >= 11 is 0. The third-order valence-corrected chi connectivity index (χ3v) is 3.17. The van der Waals surface area contributed by atoms with E-state index in [1.807, 2.05) is 19.1 Å². The smallest absolute Gasteiger partial charge is 0.228 e. The van der Waals surface area contributed by atoms with Crippen molar-refractivity contribution in [2.75, 3.05) is 6.54 Å². The fraction of sp³-hybridized carbons (Fsp3) is 0.438. The molecule has 0 bridgehead atoms. The summed E-state index contributed by atoms with van der Waals surface area (Å²) in [5.41, 5.74) is 1.49. The number of aromatic nitrogens is 2. The van der Waals surface area contributed by atoms with Crippen LogP contribution in [0.3, 0.4) is 0 Å². The van der Waals surface area contributed by atoms with Crippen molar-refractivity contribution in [2.24, 2.45) is 5.92 Å². The van der Waals surface area contributed by atoms with Crippen LogP contribution in [0.5, 0.6) is 0 Å². The molecule has 2 aromatic heterocycles. The lowest BCUT2D eigenvalue weighted by Gasteiger charge is -2.06. The zero-order valence-corrected chi connectivity index (χ0v) is 12.7. The quantitative estimate of drug-likeness (QED) is 0.887. The zero-order valence-electron chi connectivity index (χ0n) is 12.7. The number of hydrogen-bond acceptors (Lipinski definition) is 4. The maximum absolute atomic E-state index is 11.9. The lowest BCUT2D eigenvalue weighted by Crippen LogP contribution is -2.27. The van der Waals surface area contributed by atoms with Gasteiger partial charge in [-0.05, 0) is 31.4 Å². The van der Waals surface area contributed by atoms with Crippen LogP contribution in [0.1, 0.15) is 31.7 Å². The Bertz CT molecular complexity index is 591. The molecule has 112 valence electrons. The van der Waals surface area contributed by atoms with Gasteiger partial charge in [-0.1, -0.05) is 13.8 Å². The molecule has 0 aliphatic heterocycles. The molecule has 0 radical (unpaired) electrons. The minimum absolute atomic E-state index is 0.0233. The van der Waals surface area contributed by atoms with Crippen LogP contribution in [0, 0.1) is 12.8 Å². The monoisotopic (exact) mass is 287 g/mol. The van der Waals surface area contributed by atoms with Crippen molar-refractivity contribution >= 4 is 5.91 Å². The van der Waals surface area contributed by atoms with Crippen molar-refractivity contribution in [3.8, 4) is 11.5 Å². The molecule has 0 aromatic carbocycles. The van der Waals surface area contributed by atoms with Crippen LogP contribution >= 0.6 is 0 Å². The molecule has 0 atom stereocenters. The van der Waals surface area contributed by atoms with E-state index < -0.39 is 0 Å². The number of amides is 1. The molecule has 0 saturated carbocycles. The van der Waals surface area contributed by atoms with Gasteiger partial charge in [0.25, 0.3) is 0 Å². The average molecular weight is 287 g/mol. The van der Waals surface area contributed by atoms with E-state index in [4.69, 9.17) is 4.42 Å². The highest BCUT2D eigenvalue weighted by Crippen LogP contribution is 2.20. The van der Waals surface area contributed by atoms with Crippen molar-refractivity contribution < 1.29 is 9.21 Å². The van der Waals surface area contributed by atoms with Crippen molar-refractivity contribution in [1.82, 2.24) is 15.3 Å². The van der Waals surface area contributed by atoms with Gasteiger partial charge in [-0.2, -0.15) is 0 Å². The number of aryl methyl sites for hydroxylation is 1. The number of hydrogen-bond donors (Lipinski definition) is 1. The first-order valence-electron chi connectivity index (χ1n) is 7.19. The van der Waals surface area contributed by atoms with Crippen molar-refractivity contribution in [1.29, 1.82) is 0 Å². The SMILES string of the molecule is Cc1oc(-c2cccnc2)nc1CC(=O)NCCC(C)C. The molecule has 0 saturated heterocycles. The Morgan fingerprint density at radius 1 is 1.43 bits per heavy atom. The fourth-order valence-electron chi connectivity index (χ4n) is 1.92. The van der Waals surface area contributed by atoms with Gasteiger partial charge in [0.05, 0.1) is 17.7 Å². The number of carbonyl (C=O) groups excluding carboxylic acids is 1. The Morgan fingerprint density at radius 2 is 2.24 bits per heavy atom. The molecule has 21 heavy (non-hydrogen) atoms. The second-order valence-corrected chi connectivity index (χ2v) is 5.47. The highest BCUT2D eigenvalue weighted by atomic mass is 16.4. The van der Waals surface area contributed by atoms with Gasteiger partial charge in [0, 0.05) is 18.9 Å². The molecular weight excluding hydrogens is 266 g/mol. The van der Waals surface area contributed by atoms with Crippen LogP contribution in [-0.2, 0) is 11.2 Å². The summed E-state index contributed by atoms with van der Waals surface area (Å²) in [6.45, 7) is 6.79. The summed E-state index contributed by atoms with van der Waals surface area (Å²) in [6.07, 6.45) is 4.61. The molecule has 1 N–H and O–H groups in total. The minimum atomic E-state index is -0.0233. The number of pyridine rings is 1. The van der Waals surface area contributed by atoms with Crippen LogP contribution in [0.25, 0.3) is 11.5 Å². The highest BCUT2D eigenvalue weighted by Gasteiger charge is 2.14. The summed E-state index contributed by atoms with van der Waals surface area (Å²) in [6, 6.07) is 3.71. The molecule has 0 aliphatic rings. The minimum Gasteiger partial charge on any atom is -0.441 e. The molecular formula is C16H21N3O2. The second-order valence-electron chi connectivity index (χ2n) is 5.47. The first-order valence-corrected chi connectivity index (χ1v) is 7.19. The largest absolute Gasteiger partial charge is 0.441 e. The Morgan fingerprint density at radius 3 is 2.90 bits per heavy atom. The Hall–Kier alpha value is -2.17. The van der Waals surface area contributed by atoms with E-state index in [-0.39, 0.29) is 12.3 Å². The van der Waals surface area contributed by atoms with E-state index in [2.05, 4.69) is 29.1 Å². The van der Waals surface area contributed by atoms with Crippen LogP contribution in [0.2, 0.25) is 0 Å². The predicted molar refractivity (Wildman–Crippen MR) is 80.6 cm³/mol. The first-order chi connectivity index (χ1) is 10.1. The van der Waals surface area contributed by atoms with E-state index in [1.165, 1.54) is 0 Å². The van der Waals surface area contributed by atoms with Gasteiger partial charge in [0.2, 0.25) is 11.8 Å². The number of carbonyl (C=O) groups is 1. The van der Waals surface area contributed by atoms with Crippen molar-refractivity contribution in [2.45, 2.75) is 33.6 Å². The van der Waals surface area contributed by atoms with Crippen LogP contribution in [0.4, 0.5) is 0 Å². The molecule has 5 heteroatoms. The third-order valence-electron chi connectivity index (χ3n) is 3.17. The standard InChI is InChI=1S/C16H21N3O2/c1-11(2)6-8-18-15(20)9-14-12(3)21-16(19-14)13-5-4-7-17-10-13/h4-5,7,10-11H,6,8-9H2,1-3H3,(H,18,20). The van der Waals surface area contributed by atoms with Gasteiger partial charge in [-0.15, -0.1) is 0 Å². The van der Waals surface area contributed by atoms with E-state index in [1.54, 1.807) is 12.4 Å². The topological polar surface area (TPSA) is 68.0 Å². The molecule has 2 rings (SSSR count). The predicted octanol–water partition coefficient (Wildman–Crippen LogP) is 2.75. The van der Waals surface area contributed by atoms with Gasteiger partial charge in [0.15, 0.2) is 0 Å². The number of nitrogens with zero attached hydrogens (tertiary/aromatic N) is 2. The lowest BCUT2D eigenvalue weighted by atomic mass is 10.1. The number of nitrogens with one attached hydrogen (secondary N) is 1. The summed E-state index contributed by atoms with van der Waals surface area (Å²) < 4.78 is 5.61. The molecule has 2 aromatic rings. The molecule has 0 unspecified atom stereocenters. The van der Waals surface area contributed by atoms with Crippen molar-refractivity contribution in [3.63, 3.8) is 0 Å². The molecule has 2 heterocycles. The number of rotatable bonds is 6. The van der Waals surface area contributed by atoms with Gasteiger partial charge in [-0.3, -0.25) is 9.78 Å². The molecule has 1 amide bonds. The summed E-state index contributed by atoms with van der Waals surface area (Å²) in [7, 11) is 0. The summed E-state index contributed by atoms with van der Waals surface area (Å²) in [4.78, 5) is 20.3. The van der Waals surface area contributed by atoms with Gasteiger partial charge in [-0.25, -0.2) is 4.98 Å². The van der Waals surface area contributed by atoms with Gasteiger partial charge in [0.1, 0.15) is 5.76 Å². The van der Waals surface area contributed by atoms with E-state index in [0.717, 1.165) is 12.0 Å². The average Bonchev–Trinajstić information content (AvgIpc) is 2.81. The summed E-state index contributed by atoms with van der Waals surface area (Å²) in [5, 5.41) is 2.91. The third kappa shape index (κ3) is 4.41.